The van der Waals surface area contributed by atoms with Crippen molar-refractivity contribution in [3.05, 3.63) is 21.9 Å². The van der Waals surface area contributed by atoms with Crippen molar-refractivity contribution in [2.75, 3.05) is 13.2 Å². The number of aliphatic hydroxyl groups excluding tert-OH is 1. The fraction of sp³-hybridized carbons (Fsp3) is 0.615. The zero-order chi connectivity index (χ0) is 13.4. The average molecular weight is 271 g/mol. The van der Waals surface area contributed by atoms with Crippen molar-refractivity contribution in [2.45, 2.75) is 32.7 Å². The van der Waals surface area contributed by atoms with Gasteiger partial charge < -0.3 is 15.5 Å². The monoisotopic (exact) mass is 271 g/mol. The van der Waals surface area contributed by atoms with Crippen LogP contribution in [0, 0.1) is 5.92 Å². The lowest BCUT2D eigenvalue weighted by Gasteiger charge is -2.15. The summed E-state index contributed by atoms with van der Waals surface area (Å²) < 4.78 is 0. The molecule has 0 bridgehead atoms. The molecule has 18 heavy (non-hydrogen) atoms. The van der Waals surface area contributed by atoms with Gasteiger partial charge in [0, 0.05) is 13.2 Å². The molecule has 0 radical (unpaired) electrons. The smallest absolute Gasteiger partial charge is 0.346 e. The van der Waals surface area contributed by atoms with Gasteiger partial charge in [-0.3, -0.25) is 0 Å². The van der Waals surface area contributed by atoms with Crippen LogP contribution in [0.5, 0.6) is 0 Å². The summed E-state index contributed by atoms with van der Waals surface area (Å²) in [7, 11) is 0. The maximum Gasteiger partial charge on any atom is 0.346 e. The number of hydrogen-bond acceptors (Lipinski definition) is 4. The van der Waals surface area contributed by atoms with Crippen LogP contribution in [0.15, 0.2) is 11.4 Å². The van der Waals surface area contributed by atoms with E-state index in [4.69, 9.17) is 10.2 Å². The first-order valence-corrected chi connectivity index (χ1v) is 7.18. The van der Waals surface area contributed by atoms with Gasteiger partial charge in [-0.1, -0.05) is 13.3 Å². The predicted molar refractivity (Wildman–Crippen MR) is 73.1 cm³/mol. The molecule has 102 valence electrons. The lowest BCUT2D eigenvalue weighted by molar-refractivity contribution is 0.0701. The zero-order valence-corrected chi connectivity index (χ0v) is 11.5. The molecule has 0 fully saturated rings. The summed E-state index contributed by atoms with van der Waals surface area (Å²) in [5, 5.41) is 23.0. The quantitative estimate of drug-likeness (QED) is 0.645. The molecule has 0 saturated heterocycles. The van der Waals surface area contributed by atoms with Crippen LogP contribution in [0.4, 0.5) is 0 Å². The van der Waals surface area contributed by atoms with Crippen LogP contribution in [0.3, 0.4) is 0 Å². The average Bonchev–Trinajstić information content (AvgIpc) is 2.78. The number of carbonyl (C=O) groups is 1. The third-order valence-corrected chi connectivity index (χ3v) is 3.87. The molecule has 1 heterocycles. The van der Waals surface area contributed by atoms with Gasteiger partial charge in [0.05, 0.1) is 0 Å². The molecule has 0 aromatic carbocycles. The first-order valence-electron chi connectivity index (χ1n) is 6.30. The van der Waals surface area contributed by atoms with Crippen molar-refractivity contribution < 1.29 is 15.0 Å². The van der Waals surface area contributed by atoms with E-state index in [1.165, 1.54) is 11.3 Å². The molecular weight excluding hydrogens is 250 g/mol. The van der Waals surface area contributed by atoms with Crippen LogP contribution >= 0.6 is 11.3 Å². The maximum atomic E-state index is 10.9. The van der Waals surface area contributed by atoms with Crippen molar-refractivity contribution >= 4 is 17.3 Å². The maximum absolute atomic E-state index is 10.9. The number of aromatic carboxylic acids is 1. The largest absolute Gasteiger partial charge is 0.477 e. The fourth-order valence-electron chi connectivity index (χ4n) is 2.01. The molecule has 1 atom stereocenters. The highest BCUT2D eigenvalue weighted by atomic mass is 32.1. The second-order valence-electron chi connectivity index (χ2n) is 4.38. The second kappa shape index (κ2) is 8.24. The minimum absolute atomic E-state index is 0.213. The Balaban J connectivity index is 2.39. The van der Waals surface area contributed by atoms with Crippen LogP contribution in [-0.2, 0) is 6.54 Å². The minimum atomic E-state index is -0.859. The van der Waals surface area contributed by atoms with E-state index >= 15 is 0 Å². The molecular formula is C13H21NO3S. The Labute approximate surface area is 112 Å². The Morgan fingerprint density at radius 2 is 2.28 bits per heavy atom. The number of rotatable bonds is 9. The molecule has 1 aromatic heterocycles. The van der Waals surface area contributed by atoms with Crippen LogP contribution < -0.4 is 5.32 Å². The molecule has 0 spiro atoms. The van der Waals surface area contributed by atoms with Gasteiger partial charge in [-0.15, -0.1) is 11.3 Å². The highest BCUT2D eigenvalue weighted by Crippen LogP contribution is 2.17. The van der Waals surface area contributed by atoms with Crippen LogP contribution in [0.2, 0.25) is 0 Å². The van der Waals surface area contributed by atoms with Crippen molar-refractivity contribution in [1.82, 2.24) is 5.32 Å². The van der Waals surface area contributed by atoms with Gasteiger partial charge in [0.15, 0.2) is 0 Å². The molecule has 5 heteroatoms. The third-order valence-electron chi connectivity index (χ3n) is 2.92. The second-order valence-corrected chi connectivity index (χ2v) is 5.29. The van der Waals surface area contributed by atoms with Crippen LogP contribution in [0.1, 0.15) is 41.4 Å². The molecule has 1 rings (SSSR count). The first kappa shape index (κ1) is 15.1. The summed E-state index contributed by atoms with van der Waals surface area (Å²) in [6, 6.07) is 1.85. The van der Waals surface area contributed by atoms with Crippen LogP contribution in [-0.4, -0.2) is 29.3 Å². The molecule has 1 aromatic rings. The van der Waals surface area contributed by atoms with Gasteiger partial charge in [-0.2, -0.15) is 0 Å². The predicted octanol–water partition coefficient (Wildman–Crippen LogP) is 2.33. The van der Waals surface area contributed by atoms with Gasteiger partial charge >= 0.3 is 5.97 Å². The molecule has 0 amide bonds. The minimum Gasteiger partial charge on any atom is -0.477 e. The van der Waals surface area contributed by atoms with E-state index in [1.54, 1.807) is 5.38 Å². The lowest BCUT2D eigenvalue weighted by Crippen LogP contribution is -2.23. The summed E-state index contributed by atoms with van der Waals surface area (Å²) in [6.07, 6.45) is 2.99. The Bertz CT molecular complexity index is 359. The molecule has 3 N–H and O–H groups in total. The number of thiophene rings is 1. The van der Waals surface area contributed by atoms with Crippen LogP contribution in [0.25, 0.3) is 0 Å². The Morgan fingerprint density at radius 3 is 2.89 bits per heavy atom. The normalized spacial score (nSPS) is 12.6. The fourth-order valence-corrected chi connectivity index (χ4v) is 2.77. The summed E-state index contributed by atoms with van der Waals surface area (Å²) in [6.45, 7) is 3.75. The summed E-state index contributed by atoms with van der Waals surface area (Å²) in [4.78, 5) is 11.3. The SMILES string of the molecule is CCCC(CCO)CNCc1ccsc1C(=O)O. The van der Waals surface area contributed by atoms with E-state index in [2.05, 4.69) is 12.2 Å². The zero-order valence-electron chi connectivity index (χ0n) is 10.7. The topological polar surface area (TPSA) is 69.6 Å². The van der Waals surface area contributed by atoms with Crippen molar-refractivity contribution in [1.29, 1.82) is 0 Å². The first-order chi connectivity index (χ1) is 8.69. The van der Waals surface area contributed by atoms with Gasteiger partial charge in [0.1, 0.15) is 4.88 Å². The summed E-state index contributed by atoms with van der Waals surface area (Å²) >= 11 is 1.26. The number of aliphatic hydroxyl groups is 1. The number of hydrogen-bond donors (Lipinski definition) is 3. The number of carboxylic acid groups (broad SMARTS) is 1. The van der Waals surface area contributed by atoms with Gasteiger partial charge in [-0.25, -0.2) is 4.79 Å². The van der Waals surface area contributed by atoms with Gasteiger partial charge in [0.2, 0.25) is 0 Å². The lowest BCUT2D eigenvalue weighted by atomic mass is 10.0. The molecule has 1 unspecified atom stereocenters. The Morgan fingerprint density at radius 1 is 1.50 bits per heavy atom. The van der Waals surface area contributed by atoms with E-state index < -0.39 is 5.97 Å². The Kier molecular flexibility index (Phi) is 6.93. The molecule has 0 saturated carbocycles. The van der Waals surface area contributed by atoms with E-state index in [1.807, 2.05) is 6.07 Å². The van der Waals surface area contributed by atoms with E-state index in [0.717, 1.165) is 31.4 Å². The molecule has 0 aliphatic rings. The van der Waals surface area contributed by atoms with E-state index in [0.29, 0.717) is 17.3 Å². The third kappa shape index (κ3) is 4.76. The summed E-state index contributed by atoms with van der Waals surface area (Å²) in [5.41, 5.74) is 0.840. The highest BCUT2D eigenvalue weighted by molar-refractivity contribution is 7.12. The Hall–Kier alpha value is -0.910. The summed E-state index contributed by atoms with van der Waals surface area (Å²) in [5.74, 6) is -0.394. The molecule has 0 aliphatic carbocycles. The van der Waals surface area contributed by atoms with Gasteiger partial charge in [-0.05, 0) is 42.3 Å². The standard InChI is InChI=1S/C13H21NO3S/c1-2-3-10(4-6-15)8-14-9-11-5-7-18-12(11)13(16)17/h5,7,10,14-15H,2-4,6,8-9H2,1H3,(H,16,17). The van der Waals surface area contributed by atoms with Crippen molar-refractivity contribution in [3.8, 4) is 0 Å². The van der Waals surface area contributed by atoms with Crippen molar-refractivity contribution in [3.63, 3.8) is 0 Å². The molecule has 0 aliphatic heterocycles. The van der Waals surface area contributed by atoms with E-state index in [9.17, 15) is 4.79 Å². The number of nitrogens with one attached hydrogen (secondary N) is 1. The van der Waals surface area contributed by atoms with E-state index in [-0.39, 0.29) is 6.61 Å². The number of carboxylic acids is 1. The van der Waals surface area contributed by atoms with Gasteiger partial charge in [0.25, 0.3) is 0 Å². The highest BCUT2D eigenvalue weighted by Gasteiger charge is 2.12. The molecule has 4 nitrogen and oxygen atoms in total. The van der Waals surface area contributed by atoms with Crippen molar-refractivity contribution in [2.24, 2.45) is 5.92 Å².